The maximum atomic E-state index is 12.2. The Morgan fingerprint density at radius 3 is 2.80 bits per heavy atom. The van der Waals surface area contributed by atoms with Crippen LogP contribution in [0, 0.1) is 0 Å². The van der Waals surface area contributed by atoms with E-state index in [-0.39, 0.29) is 11.4 Å². The van der Waals surface area contributed by atoms with Crippen molar-refractivity contribution >= 4 is 22.4 Å². The first-order valence-corrected chi connectivity index (χ1v) is 7.61. The zero-order chi connectivity index (χ0) is 17.2. The van der Waals surface area contributed by atoms with Gasteiger partial charge in [-0.3, -0.25) is 9.78 Å². The van der Waals surface area contributed by atoms with Crippen molar-refractivity contribution in [3.05, 3.63) is 72.7 Å². The Bertz CT molecular complexity index is 1060. The lowest BCUT2D eigenvalue weighted by molar-refractivity contribution is 0.101. The summed E-state index contributed by atoms with van der Waals surface area (Å²) >= 11 is 0. The van der Waals surface area contributed by atoms with Gasteiger partial charge in [-0.05, 0) is 23.6 Å². The van der Waals surface area contributed by atoms with Crippen LogP contribution in [0.5, 0.6) is 5.75 Å². The third-order valence-electron chi connectivity index (χ3n) is 3.83. The summed E-state index contributed by atoms with van der Waals surface area (Å²) in [6.45, 7) is 0. The Hall–Kier alpha value is -3.67. The molecule has 6 nitrogen and oxygen atoms in total. The van der Waals surface area contributed by atoms with E-state index in [0.29, 0.717) is 22.4 Å². The average Bonchev–Trinajstić information content (AvgIpc) is 3.13. The monoisotopic (exact) mass is 331 g/mol. The molecule has 4 rings (SSSR count). The zero-order valence-electron chi connectivity index (χ0n) is 13.0. The molecule has 0 aliphatic carbocycles. The number of hydrogen-bond acceptors (Lipinski definition) is 5. The van der Waals surface area contributed by atoms with Crippen molar-refractivity contribution in [3.63, 3.8) is 0 Å². The normalized spacial score (nSPS) is 10.7. The SMILES string of the molecule is O=C(Nc1cccnc1)c1cc(-c2ccc3ccccc3c2O)on1. The van der Waals surface area contributed by atoms with Crippen molar-refractivity contribution in [1.29, 1.82) is 0 Å². The summed E-state index contributed by atoms with van der Waals surface area (Å²) in [7, 11) is 0. The quantitative estimate of drug-likeness (QED) is 0.595. The fourth-order valence-electron chi connectivity index (χ4n) is 2.59. The Labute approximate surface area is 142 Å². The van der Waals surface area contributed by atoms with Crippen LogP contribution in [-0.2, 0) is 0 Å². The minimum absolute atomic E-state index is 0.0912. The van der Waals surface area contributed by atoms with Crippen LogP contribution in [0.4, 0.5) is 5.69 Å². The number of anilines is 1. The molecular weight excluding hydrogens is 318 g/mol. The number of carbonyl (C=O) groups is 1. The molecule has 0 atom stereocenters. The number of aromatic hydroxyl groups is 1. The van der Waals surface area contributed by atoms with Crippen molar-refractivity contribution in [2.75, 3.05) is 5.32 Å². The second-order valence-electron chi connectivity index (χ2n) is 5.46. The standard InChI is InChI=1S/C19H13N3O3/c23-18-14-6-2-1-4-12(14)7-8-15(18)17-10-16(22-25-17)19(24)21-13-5-3-9-20-11-13/h1-11,23H,(H,21,24). The van der Waals surface area contributed by atoms with Gasteiger partial charge < -0.3 is 14.9 Å². The molecule has 0 radical (unpaired) electrons. The van der Waals surface area contributed by atoms with E-state index in [9.17, 15) is 9.90 Å². The molecule has 0 unspecified atom stereocenters. The number of phenolic OH excluding ortho intramolecular Hbond substituents is 1. The topological polar surface area (TPSA) is 88.2 Å². The van der Waals surface area contributed by atoms with Crippen LogP contribution in [0.1, 0.15) is 10.5 Å². The van der Waals surface area contributed by atoms with Gasteiger partial charge in [0.15, 0.2) is 11.5 Å². The van der Waals surface area contributed by atoms with Gasteiger partial charge in [0.25, 0.3) is 5.91 Å². The van der Waals surface area contributed by atoms with Crippen molar-refractivity contribution in [2.45, 2.75) is 0 Å². The highest BCUT2D eigenvalue weighted by atomic mass is 16.5. The molecule has 2 aromatic heterocycles. The summed E-state index contributed by atoms with van der Waals surface area (Å²) in [5, 5.41) is 18.6. The van der Waals surface area contributed by atoms with Gasteiger partial charge in [-0.15, -0.1) is 0 Å². The van der Waals surface area contributed by atoms with E-state index >= 15 is 0 Å². The van der Waals surface area contributed by atoms with Gasteiger partial charge in [0.2, 0.25) is 0 Å². The first kappa shape index (κ1) is 14.9. The molecule has 0 saturated carbocycles. The molecule has 0 bridgehead atoms. The lowest BCUT2D eigenvalue weighted by Crippen LogP contribution is -2.12. The van der Waals surface area contributed by atoms with Crippen LogP contribution in [0.15, 0.2) is 71.5 Å². The van der Waals surface area contributed by atoms with Crippen molar-refractivity contribution < 1.29 is 14.4 Å². The maximum absolute atomic E-state index is 12.2. The number of aromatic nitrogens is 2. The second kappa shape index (κ2) is 6.09. The van der Waals surface area contributed by atoms with Crippen LogP contribution in [-0.4, -0.2) is 21.2 Å². The molecule has 0 saturated heterocycles. The highest BCUT2D eigenvalue weighted by Gasteiger charge is 2.17. The summed E-state index contributed by atoms with van der Waals surface area (Å²) < 4.78 is 5.25. The van der Waals surface area contributed by atoms with E-state index in [1.165, 1.54) is 12.3 Å². The van der Waals surface area contributed by atoms with Crippen LogP contribution in [0.2, 0.25) is 0 Å². The highest BCUT2D eigenvalue weighted by molar-refractivity contribution is 6.03. The van der Waals surface area contributed by atoms with Gasteiger partial charge >= 0.3 is 0 Å². The number of nitrogens with zero attached hydrogens (tertiary/aromatic N) is 2. The van der Waals surface area contributed by atoms with Gasteiger partial charge in [-0.2, -0.15) is 0 Å². The number of pyridine rings is 1. The van der Waals surface area contributed by atoms with Gasteiger partial charge in [-0.25, -0.2) is 0 Å². The molecular formula is C19H13N3O3. The third-order valence-corrected chi connectivity index (χ3v) is 3.83. The lowest BCUT2D eigenvalue weighted by atomic mass is 10.0. The van der Waals surface area contributed by atoms with E-state index < -0.39 is 5.91 Å². The summed E-state index contributed by atoms with van der Waals surface area (Å²) in [6.07, 6.45) is 3.15. The molecule has 1 amide bonds. The van der Waals surface area contributed by atoms with Crippen molar-refractivity contribution in [1.82, 2.24) is 10.1 Å². The second-order valence-corrected chi connectivity index (χ2v) is 5.46. The highest BCUT2D eigenvalue weighted by Crippen LogP contribution is 2.36. The largest absolute Gasteiger partial charge is 0.507 e. The molecule has 0 aliphatic heterocycles. The fourth-order valence-corrected chi connectivity index (χ4v) is 2.59. The predicted molar refractivity (Wildman–Crippen MR) is 93.3 cm³/mol. The number of carbonyl (C=O) groups excluding carboxylic acids is 1. The van der Waals surface area contributed by atoms with Crippen LogP contribution < -0.4 is 5.32 Å². The number of benzene rings is 2. The number of nitrogens with one attached hydrogen (secondary N) is 1. The number of amides is 1. The molecule has 4 aromatic rings. The van der Waals surface area contributed by atoms with E-state index in [2.05, 4.69) is 15.5 Å². The van der Waals surface area contributed by atoms with E-state index in [4.69, 9.17) is 4.52 Å². The van der Waals surface area contributed by atoms with E-state index in [0.717, 1.165) is 5.39 Å². The van der Waals surface area contributed by atoms with Gasteiger partial charge in [0, 0.05) is 17.6 Å². The fraction of sp³-hybridized carbons (Fsp3) is 0. The number of hydrogen-bond donors (Lipinski definition) is 2. The lowest BCUT2D eigenvalue weighted by Gasteiger charge is -2.04. The summed E-state index contributed by atoms with van der Waals surface area (Å²) in [4.78, 5) is 16.2. The molecule has 122 valence electrons. The third kappa shape index (κ3) is 2.81. The zero-order valence-corrected chi connectivity index (χ0v) is 13.0. The number of phenols is 1. The van der Waals surface area contributed by atoms with Crippen molar-refractivity contribution in [2.24, 2.45) is 0 Å². The smallest absolute Gasteiger partial charge is 0.277 e. The average molecular weight is 331 g/mol. The van der Waals surface area contributed by atoms with Crippen LogP contribution in [0.3, 0.4) is 0 Å². The molecule has 0 fully saturated rings. The van der Waals surface area contributed by atoms with Crippen LogP contribution in [0.25, 0.3) is 22.1 Å². The van der Waals surface area contributed by atoms with Crippen molar-refractivity contribution in [3.8, 4) is 17.1 Å². The predicted octanol–water partition coefficient (Wildman–Crippen LogP) is 3.85. The van der Waals surface area contributed by atoms with Gasteiger partial charge in [-0.1, -0.05) is 35.5 Å². The first-order chi connectivity index (χ1) is 12.2. The molecule has 0 aliphatic rings. The number of fused-ring (bicyclic) bond motifs is 1. The van der Waals surface area contributed by atoms with Gasteiger partial charge in [0.05, 0.1) is 17.4 Å². The molecule has 2 aromatic carbocycles. The minimum Gasteiger partial charge on any atom is -0.507 e. The van der Waals surface area contributed by atoms with E-state index in [1.54, 1.807) is 24.4 Å². The molecule has 2 N–H and O–H groups in total. The van der Waals surface area contributed by atoms with Gasteiger partial charge in [0.1, 0.15) is 5.75 Å². The Balaban J connectivity index is 1.65. The Morgan fingerprint density at radius 1 is 1.08 bits per heavy atom. The van der Waals surface area contributed by atoms with E-state index in [1.807, 2.05) is 30.3 Å². The summed E-state index contributed by atoms with van der Waals surface area (Å²) in [5.74, 6) is -0.00339. The minimum atomic E-state index is -0.414. The molecule has 25 heavy (non-hydrogen) atoms. The summed E-state index contributed by atoms with van der Waals surface area (Å²) in [6, 6.07) is 16.0. The summed E-state index contributed by atoms with van der Waals surface area (Å²) in [5.41, 5.74) is 1.16. The van der Waals surface area contributed by atoms with Crippen LogP contribution >= 0.6 is 0 Å². The molecule has 2 heterocycles. The maximum Gasteiger partial charge on any atom is 0.277 e. The number of rotatable bonds is 3. The molecule has 0 spiro atoms. The first-order valence-electron chi connectivity index (χ1n) is 7.61. The molecule has 6 heteroatoms. The Kier molecular flexibility index (Phi) is 3.63. The Morgan fingerprint density at radius 2 is 1.96 bits per heavy atom.